The van der Waals surface area contributed by atoms with Crippen LogP contribution in [0.1, 0.15) is 92.4 Å². The number of carboxylic acid groups (broad SMARTS) is 1. The van der Waals surface area contributed by atoms with Gasteiger partial charge >= 0.3 is 5.97 Å². The summed E-state index contributed by atoms with van der Waals surface area (Å²) >= 11 is 0. The van der Waals surface area contributed by atoms with Crippen LogP contribution >= 0.6 is 0 Å². The van der Waals surface area contributed by atoms with Gasteiger partial charge in [-0.1, -0.05) is 12.1 Å². The van der Waals surface area contributed by atoms with E-state index in [9.17, 15) is 53.4 Å². The normalized spacial score (nSPS) is 11.8. The van der Waals surface area contributed by atoms with Crippen molar-refractivity contribution in [2.24, 2.45) is 17.2 Å². The standard InChI is InChI=1S/C61H77N17O15/c1-32(79)71-34-14-20-47(90-2)39(28-34)51(81)75-43(9-6-24-68-59(62)63)55(85)72-35-15-21-48(91-3)40(29-35)52(82)76-44(10-7-25-69-60(64)65)56(86)73-36-16-22-49(92-4)41(30-36)53(83)77-45(11-8-26-70-61(66)67)57(87)74-37-17-23-50(93-5)42(31-37)54(84)78-46(58(88)89)27-33-12-18-38(80)19-13-33/h12-23,28-31,43-46,80H,6-11,24-27H2,1-5H3,(H,71,79)(H,72,85)(H,73,86)(H,74,87)(H,75,81)(H,76,82)(H,77,83)(H,78,84)(H,88,89)(H4,62,63,68)(H4,64,65,69)(H4,66,67,70)/t43-,44-,45-,46-/m1/s1. The molecule has 0 saturated heterocycles. The Balaban J connectivity index is 1.38. The third-order valence-corrected chi connectivity index (χ3v) is 13.7. The van der Waals surface area contributed by atoms with Crippen LogP contribution in [0.4, 0.5) is 22.7 Å². The van der Waals surface area contributed by atoms with Crippen molar-refractivity contribution in [3.63, 3.8) is 0 Å². The van der Waals surface area contributed by atoms with E-state index < -0.39 is 77.4 Å². The Hall–Kier alpha value is -11.9. The quantitative estimate of drug-likeness (QED) is 0.0159. The molecule has 8 amide bonds. The van der Waals surface area contributed by atoms with Crippen molar-refractivity contribution >= 4 is 93.9 Å². The molecule has 5 rings (SSSR count). The molecule has 0 spiro atoms. The number of aromatic hydroxyl groups is 1. The van der Waals surface area contributed by atoms with Crippen molar-refractivity contribution in [3.8, 4) is 28.7 Å². The fourth-order valence-corrected chi connectivity index (χ4v) is 9.15. The Morgan fingerprint density at radius 2 is 0.710 bits per heavy atom. The number of carbonyl (C=O) groups excluding carboxylic acids is 8. The summed E-state index contributed by atoms with van der Waals surface area (Å²) in [4.78, 5) is 123. The largest absolute Gasteiger partial charge is 0.508 e. The number of hydrogen-bond acceptors (Lipinski definition) is 17. The lowest BCUT2D eigenvalue weighted by molar-refractivity contribution is -0.139. The number of carbonyl (C=O) groups is 9. The second-order valence-electron chi connectivity index (χ2n) is 20.6. The SMILES string of the molecule is COc1ccc(NC(=O)[C@@H](CCCNC(=N)N)NC(=O)c2cc(NC(=O)[C@@H](CCCNC(=N)N)NC(=O)c3cc(NC(=O)[C@@H](CCCNC(=N)N)NC(=O)c4cc(NC(C)=O)ccc4OC)ccc3OC)ccc2OC)cc1C(=O)N[C@H](Cc1ccc(O)cc1)C(=O)O. The molecule has 5 aromatic carbocycles. The third-order valence-electron chi connectivity index (χ3n) is 13.7. The van der Waals surface area contributed by atoms with E-state index in [1.54, 1.807) is 0 Å². The van der Waals surface area contributed by atoms with Crippen LogP contribution in [-0.4, -0.2) is 154 Å². The number of rotatable bonds is 34. The van der Waals surface area contributed by atoms with Crippen molar-refractivity contribution < 1.29 is 72.3 Å². The molecule has 0 saturated carbocycles. The van der Waals surface area contributed by atoms with Gasteiger partial charge in [0.2, 0.25) is 23.6 Å². The minimum absolute atomic E-state index is 0.00502. The zero-order chi connectivity index (χ0) is 68.3. The summed E-state index contributed by atoms with van der Waals surface area (Å²) in [5, 5.41) is 71.6. The van der Waals surface area contributed by atoms with Gasteiger partial charge in [-0.05, 0) is 129 Å². The first kappa shape index (κ1) is 71.9. The zero-order valence-electron chi connectivity index (χ0n) is 51.6. The molecule has 0 aromatic heterocycles. The first-order chi connectivity index (χ1) is 44.3. The Labute approximate surface area is 534 Å². The summed E-state index contributed by atoms with van der Waals surface area (Å²) in [5.41, 5.74) is 16.9. The van der Waals surface area contributed by atoms with Gasteiger partial charge in [0.25, 0.3) is 23.6 Å². The number of nitrogens with one attached hydrogen (secondary N) is 14. The maximum absolute atomic E-state index is 14.4. The van der Waals surface area contributed by atoms with Gasteiger partial charge in [-0.25, -0.2) is 4.79 Å². The number of hydrogen-bond donors (Lipinski definition) is 19. The molecule has 0 bridgehead atoms. The fraction of sp³-hybridized carbons (Fsp3) is 0.311. The van der Waals surface area contributed by atoms with Crippen LogP contribution in [0, 0.1) is 16.2 Å². The molecule has 4 atom stereocenters. The highest BCUT2D eigenvalue weighted by Crippen LogP contribution is 2.28. The van der Waals surface area contributed by atoms with E-state index in [1.807, 2.05) is 0 Å². The first-order valence-corrected chi connectivity index (χ1v) is 28.7. The maximum Gasteiger partial charge on any atom is 0.326 e. The number of guanidine groups is 3. The van der Waals surface area contributed by atoms with Gasteiger partial charge in [-0.2, -0.15) is 0 Å². The lowest BCUT2D eigenvalue weighted by atomic mass is 10.0. The number of phenolic OH excluding ortho intramolecular Hbond substituents is 1. The number of anilines is 4. The Morgan fingerprint density at radius 3 is 0.968 bits per heavy atom. The highest BCUT2D eigenvalue weighted by molar-refractivity contribution is 6.08. The van der Waals surface area contributed by atoms with E-state index >= 15 is 0 Å². The molecule has 93 heavy (non-hydrogen) atoms. The summed E-state index contributed by atoms with van der Waals surface area (Å²) < 4.78 is 21.8. The smallest absolute Gasteiger partial charge is 0.326 e. The van der Waals surface area contributed by atoms with E-state index in [2.05, 4.69) is 58.5 Å². The van der Waals surface area contributed by atoms with Crippen molar-refractivity contribution in [2.75, 3.05) is 69.3 Å². The molecule has 22 N–H and O–H groups in total. The second kappa shape index (κ2) is 35.4. The minimum atomic E-state index is -1.42. The summed E-state index contributed by atoms with van der Waals surface area (Å²) in [5.74, 6) is -8.21. The lowest BCUT2D eigenvalue weighted by Crippen LogP contribution is -2.45. The lowest BCUT2D eigenvalue weighted by Gasteiger charge is -2.22. The number of phenols is 1. The van der Waals surface area contributed by atoms with E-state index in [-0.39, 0.29) is 156 Å². The van der Waals surface area contributed by atoms with Crippen molar-refractivity contribution in [3.05, 3.63) is 125 Å². The molecule has 0 fully saturated rings. The monoisotopic (exact) mass is 1290 g/mol. The average molecular weight is 1290 g/mol. The Kier molecular flexibility index (Phi) is 27.3. The van der Waals surface area contributed by atoms with Crippen molar-refractivity contribution in [2.45, 2.75) is 76.0 Å². The summed E-state index contributed by atoms with van der Waals surface area (Å²) in [6.45, 7) is 1.67. The molecular weight excluding hydrogens is 1210 g/mol. The van der Waals surface area contributed by atoms with E-state index in [0.29, 0.717) is 5.56 Å². The van der Waals surface area contributed by atoms with Crippen LogP contribution in [0.2, 0.25) is 0 Å². The Morgan fingerprint density at radius 1 is 0.430 bits per heavy atom. The van der Waals surface area contributed by atoms with Gasteiger partial charge in [-0.3, -0.25) is 54.6 Å². The van der Waals surface area contributed by atoms with Crippen LogP contribution in [0.25, 0.3) is 0 Å². The third kappa shape index (κ3) is 22.6. The average Bonchev–Trinajstić information content (AvgIpc) is 0.877. The van der Waals surface area contributed by atoms with Crippen LogP contribution in [0.15, 0.2) is 97.1 Å². The minimum Gasteiger partial charge on any atom is -0.508 e. The number of nitrogens with two attached hydrogens (primary N) is 3. The van der Waals surface area contributed by atoms with Gasteiger partial charge < -0.3 is 105 Å². The van der Waals surface area contributed by atoms with Gasteiger partial charge in [-0.15, -0.1) is 0 Å². The van der Waals surface area contributed by atoms with E-state index in [0.717, 1.165) is 0 Å². The molecular formula is C61H77N17O15. The highest BCUT2D eigenvalue weighted by atomic mass is 16.5. The summed E-state index contributed by atoms with van der Waals surface area (Å²) in [6, 6.07) is 17.0. The fourth-order valence-electron chi connectivity index (χ4n) is 9.15. The topological polar surface area (TPSA) is 513 Å². The number of benzene rings is 5. The van der Waals surface area contributed by atoms with Crippen molar-refractivity contribution in [1.29, 1.82) is 16.2 Å². The molecule has 32 heteroatoms. The molecule has 0 aliphatic rings. The summed E-state index contributed by atoms with van der Waals surface area (Å²) in [6.07, 6.45) is 0.356. The molecule has 496 valence electrons. The van der Waals surface area contributed by atoms with E-state index in [4.69, 9.17) is 52.4 Å². The Bertz CT molecular complexity index is 3570. The number of ether oxygens (including phenoxy) is 4. The molecule has 0 aliphatic heterocycles. The van der Waals surface area contributed by atoms with Crippen LogP contribution in [0.5, 0.6) is 28.7 Å². The second-order valence-corrected chi connectivity index (χ2v) is 20.6. The first-order valence-electron chi connectivity index (χ1n) is 28.7. The van der Waals surface area contributed by atoms with Gasteiger partial charge in [0, 0.05) is 55.7 Å². The number of amides is 8. The molecule has 0 heterocycles. The van der Waals surface area contributed by atoms with Crippen LogP contribution in [-0.2, 0) is 30.4 Å². The van der Waals surface area contributed by atoms with Gasteiger partial charge in [0.05, 0.1) is 50.7 Å². The predicted octanol–water partition coefficient (Wildman–Crippen LogP) is 1.81. The van der Waals surface area contributed by atoms with Gasteiger partial charge in [0.15, 0.2) is 17.9 Å². The highest BCUT2D eigenvalue weighted by Gasteiger charge is 2.30. The number of methoxy groups -OCH3 is 4. The van der Waals surface area contributed by atoms with E-state index in [1.165, 1.54) is 132 Å². The molecule has 5 aromatic rings. The molecule has 0 radical (unpaired) electrons. The molecule has 0 aliphatic carbocycles. The van der Waals surface area contributed by atoms with Gasteiger partial charge in [0.1, 0.15) is 52.9 Å². The predicted molar refractivity (Wildman–Crippen MR) is 344 cm³/mol. The van der Waals surface area contributed by atoms with Crippen molar-refractivity contribution in [1.82, 2.24) is 37.2 Å². The summed E-state index contributed by atoms with van der Waals surface area (Å²) in [7, 11) is 5.20. The zero-order valence-corrected chi connectivity index (χ0v) is 51.6. The maximum atomic E-state index is 14.4. The van der Waals surface area contributed by atoms with Crippen LogP contribution in [0.3, 0.4) is 0 Å². The number of aliphatic carboxylic acids is 1. The molecule has 32 nitrogen and oxygen atoms in total. The number of carboxylic acids is 1. The molecule has 0 unspecified atom stereocenters. The van der Waals surface area contributed by atoms with Crippen LogP contribution < -0.4 is 94.6 Å².